The third kappa shape index (κ3) is 2.74. The second kappa shape index (κ2) is 5.64. The number of carbonyl (C=O) groups excluding carboxylic acids is 1. The van der Waals surface area contributed by atoms with Crippen molar-refractivity contribution in [2.24, 2.45) is 11.1 Å². The Kier molecular flexibility index (Phi) is 4.74. The van der Waals surface area contributed by atoms with Crippen molar-refractivity contribution in [3.8, 4) is 0 Å². The number of hydrogen-bond donors (Lipinski definition) is 2. The number of rotatable bonds is 5. The van der Waals surface area contributed by atoms with E-state index in [9.17, 15) is 9.90 Å². The van der Waals surface area contributed by atoms with Crippen LogP contribution >= 0.6 is 0 Å². The normalized spacial score (nSPS) is 22.9. The van der Waals surface area contributed by atoms with Crippen LogP contribution in [0.15, 0.2) is 0 Å². The Bertz CT molecular complexity index is 229. The standard InChI is InChI=1S/C12H24N2O2/c1-3-10(11(13)16)14-7-5-12(4-2,9-15)6-8-14/h10,15H,3-9H2,1-2H3,(H2,13,16). The molecule has 1 saturated heterocycles. The minimum absolute atomic E-state index is 0.0758. The maximum atomic E-state index is 11.3. The molecular formula is C12H24N2O2. The van der Waals surface area contributed by atoms with Gasteiger partial charge in [0.1, 0.15) is 0 Å². The molecule has 1 heterocycles. The second-order valence-electron chi connectivity index (χ2n) is 4.87. The monoisotopic (exact) mass is 228 g/mol. The fourth-order valence-corrected chi connectivity index (χ4v) is 2.57. The molecular weight excluding hydrogens is 204 g/mol. The Balaban J connectivity index is 2.56. The van der Waals surface area contributed by atoms with Crippen molar-refractivity contribution >= 4 is 5.91 Å². The Morgan fingerprint density at radius 2 is 2.00 bits per heavy atom. The lowest BCUT2D eigenvalue weighted by Gasteiger charge is -2.42. The summed E-state index contributed by atoms with van der Waals surface area (Å²) in [6.07, 6.45) is 3.70. The van der Waals surface area contributed by atoms with Gasteiger partial charge in [0.05, 0.1) is 6.04 Å². The van der Waals surface area contributed by atoms with E-state index in [-0.39, 0.29) is 24.0 Å². The first kappa shape index (κ1) is 13.5. The van der Waals surface area contributed by atoms with E-state index in [0.29, 0.717) is 0 Å². The zero-order valence-electron chi connectivity index (χ0n) is 10.4. The summed E-state index contributed by atoms with van der Waals surface area (Å²) < 4.78 is 0. The Hall–Kier alpha value is -0.610. The number of piperidine rings is 1. The van der Waals surface area contributed by atoms with Gasteiger partial charge in [-0.2, -0.15) is 0 Å². The molecule has 4 nitrogen and oxygen atoms in total. The SMILES string of the molecule is CCC(C(N)=O)N1CCC(CC)(CO)CC1. The zero-order valence-corrected chi connectivity index (χ0v) is 10.4. The number of aliphatic hydroxyl groups is 1. The molecule has 0 radical (unpaired) electrons. The van der Waals surface area contributed by atoms with Crippen LogP contribution in [0.2, 0.25) is 0 Å². The smallest absolute Gasteiger partial charge is 0.234 e. The highest BCUT2D eigenvalue weighted by molar-refractivity contribution is 5.79. The molecule has 0 spiro atoms. The summed E-state index contributed by atoms with van der Waals surface area (Å²) >= 11 is 0. The van der Waals surface area contributed by atoms with Crippen LogP contribution in [0.5, 0.6) is 0 Å². The van der Waals surface area contributed by atoms with Crippen molar-refractivity contribution in [2.75, 3.05) is 19.7 Å². The molecule has 4 heteroatoms. The number of primary amides is 1. The second-order valence-corrected chi connectivity index (χ2v) is 4.87. The van der Waals surface area contributed by atoms with Gasteiger partial charge in [-0.15, -0.1) is 0 Å². The molecule has 3 N–H and O–H groups in total. The van der Waals surface area contributed by atoms with Gasteiger partial charge < -0.3 is 10.8 Å². The largest absolute Gasteiger partial charge is 0.396 e. The van der Waals surface area contributed by atoms with Crippen LogP contribution < -0.4 is 5.73 Å². The molecule has 1 rings (SSSR count). The lowest BCUT2D eigenvalue weighted by molar-refractivity contribution is -0.124. The van der Waals surface area contributed by atoms with Gasteiger partial charge in [-0.3, -0.25) is 9.69 Å². The fourth-order valence-electron chi connectivity index (χ4n) is 2.57. The van der Waals surface area contributed by atoms with Crippen LogP contribution in [0, 0.1) is 5.41 Å². The lowest BCUT2D eigenvalue weighted by atomic mass is 9.76. The lowest BCUT2D eigenvalue weighted by Crippen LogP contribution is -2.50. The van der Waals surface area contributed by atoms with E-state index >= 15 is 0 Å². The molecule has 16 heavy (non-hydrogen) atoms. The molecule has 0 aliphatic carbocycles. The molecule has 0 aromatic rings. The summed E-state index contributed by atoms with van der Waals surface area (Å²) in [5, 5.41) is 9.42. The Morgan fingerprint density at radius 1 is 1.44 bits per heavy atom. The first-order valence-electron chi connectivity index (χ1n) is 6.23. The molecule has 1 amide bonds. The molecule has 1 atom stereocenters. The van der Waals surface area contributed by atoms with Gasteiger partial charge in [0.15, 0.2) is 0 Å². The summed E-state index contributed by atoms with van der Waals surface area (Å²) in [7, 11) is 0. The number of amides is 1. The minimum atomic E-state index is -0.226. The number of aliphatic hydroxyl groups excluding tert-OH is 1. The summed E-state index contributed by atoms with van der Waals surface area (Å²) in [5.74, 6) is -0.226. The van der Waals surface area contributed by atoms with Crippen molar-refractivity contribution in [3.05, 3.63) is 0 Å². The Labute approximate surface area is 97.8 Å². The summed E-state index contributed by atoms with van der Waals surface area (Å²) in [5.41, 5.74) is 5.46. The van der Waals surface area contributed by atoms with Gasteiger partial charge in [-0.25, -0.2) is 0 Å². The van der Waals surface area contributed by atoms with Gasteiger partial charge >= 0.3 is 0 Å². The maximum Gasteiger partial charge on any atom is 0.234 e. The van der Waals surface area contributed by atoms with E-state index < -0.39 is 0 Å². The molecule has 1 fully saturated rings. The van der Waals surface area contributed by atoms with Crippen LogP contribution in [-0.2, 0) is 4.79 Å². The molecule has 0 bridgehead atoms. The number of nitrogens with zero attached hydrogens (tertiary/aromatic N) is 1. The van der Waals surface area contributed by atoms with E-state index in [1.165, 1.54) is 0 Å². The highest BCUT2D eigenvalue weighted by Crippen LogP contribution is 2.34. The van der Waals surface area contributed by atoms with Crippen LogP contribution in [0.25, 0.3) is 0 Å². The van der Waals surface area contributed by atoms with Gasteiger partial charge in [-0.05, 0) is 44.2 Å². The number of hydrogen-bond acceptors (Lipinski definition) is 3. The van der Waals surface area contributed by atoms with Gasteiger partial charge in [0.2, 0.25) is 5.91 Å². The number of nitrogens with two attached hydrogens (primary N) is 1. The van der Waals surface area contributed by atoms with Crippen molar-refractivity contribution < 1.29 is 9.90 Å². The van der Waals surface area contributed by atoms with E-state index in [1.807, 2.05) is 6.92 Å². The first-order valence-corrected chi connectivity index (χ1v) is 6.23. The highest BCUT2D eigenvalue weighted by atomic mass is 16.3. The third-order valence-corrected chi connectivity index (χ3v) is 4.10. The van der Waals surface area contributed by atoms with Gasteiger partial charge in [0, 0.05) is 6.61 Å². The predicted octanol–water partition coefficient (Wildman–Crippen LogP) is 0.735. The van der Waals surface area contributed by atoms with E-state index in [0.717, 1.165) is 38.8 Å². The fraction of sp³-hybridized carbons (Fsp3) is 0.917. The average molecular weight is 228 g/mol. The minimum Gasteiger partial charge on any atom is -0.396 e. The highest BCUT2D eigenvalue weighted by Gasteiger charge is 2.35. The quantitative estimate of drug-likeness (QED) is 0.729. The van der Waals surface area contributed by atoms with E-state index in [4.69, 9.17) is 5.73 Å². The predicted molar refractivity (Wildman–Crippen MR) is 63.9 cm³/mol. The van der Waals surface area contributed by atoms with Crippen LogP contribution in [0.1, 0.15) is 39.5 Å². The van der Waals surface area contributed by atoms with Crippen molar-refractivity contribution in [3.63, 3.8) is 0 Å². The van der Waals surface area contributed by atoms with E-state index in [1.54, 1.807) is 0 Å². The van der Waals surface area contributed by atoms with Crippen LogP contribution in [0.4, 0.5) is 0 Å². The van der Waals surface area contributed by atoms with Crippen molar-refractivity contribution in [2.45, 2.75) is 45.6 Å². The average Bonchev–Trinajstić information content (AvgIpc) is 2.31. The number of carbonyl (C=O) groups is 1. The van der Waals surface area contributed by atoms with Crippen molar-refractivity contribution in [1.29, 1.82) is 0 Å². The molecule has 0 aromatic carbocycles. The topological polar surface area (TPSA) is 66.6 Å². The molecule has 94 valence electrons. The van der Waals surface area contributed by atoms with E-state index in [2.05, 4.69) is 11.8 Å². The van der Waals surface area contributed by atoms with Crippen LogP contribution in [0.3, 0.4) is 0 Å². The van der Waals surface area contributed by atoms with Gasteiger partial charge in [0.25, 0.3) is 0 Å². The molecule has 1 aliphatic rings. The molecule has 0 aromatic heterocycles. The summed E-state index contributed by atoms with van der Waals surface area (Å²) in [6, 6.07) is -0.131. The third-order valence-electron chi connectivity index (χ3n) is 4.10. The maximum absolute atomic E-state index is 11.3. The Morgan fingerprint density at radius 3 is 2.31 bits per heavy atom. The number of likely N-dealkylation sites (tertiary alicyclic amines) is 1. The van der Waals surface area contributed by atoms with Gasteiger partial charge in [-0.1, -0.05) is 13.8 Å². The van der Waals surface area contributed by atoms with Crippen molar-refractivity contribution in [1.82, 2.24) is 4.90 Å². The first-order chi connectivity index (χ1) is 7.58. The summed E-state index contributed by atoms with van der Waals surface area (Å²) in [6.45, 7) is 6.11. The van der Waals surface area contributed by atoms with Crippen LogP contribution in [-0.4, -0.2) is 41.7 Å². The zero-order chi connectivity index (χ0) is 12.2. The molecule has 1 unspecified atom stereocenters. The molecule has 1 aliphatic heterocycles. The summed E-state index contributed by atoms with van der Waals surface area (Å²) in [4.78, 5) is 13.4. The molecule has 0 saturated carbocycles.